The second-order valence-corrected chi connectivity index (χ2v) is 9.02. The molecule has 1 fully saturated rings. The van der Waals surface area contributed by atoms with Gasteiger partial charge in [-0.25, -0.2) is 4.98 Å². The van der Waals surface area contributed by atoms with E-state index < -0.39 is 6.61 Å². The van der Waals surface area contributed by atoms with Crippen LogP contribution in [0.4, 0.5) is 14.7 Å². The lowest BCUT2D eigenvalue weighted by Crippen LogP contribution is -2.24. The molecule has 158 valence electrons. The van der Waals surface area contributed by atoms with Crippen LogP contribution in [0.1, 0.15) is 57.1 Å². The molecule has 0 unspecified atom stereocenters. The van der Waals surface area contributed by atoms with Gasteiger partial charge >= 0.3 is 6.61 Å². The highest BCUT2D eigenvalue weighted by atomic mass is 32.2. The van der Waals surface area contributed by atoms with Gasteiger partial charge in [0.1, 0.15) is 5.65 Å². The number of aromatic nitrogens is 3. The predicted molar refractivity (Wildman–Crippen MR) is 115 cm³/mol. The third-order valence-corrected chi connectivity index (χ3v) is 6.59. The molecule has 2 aliphatic rings. The van der Waals surface area contributed by atoms with Crippen molar-refractivity contribution in [2.75, 3.05) is 23.4 Å². The number of halogens is 2. The smallest absolute Gasteiger partial charge is 0.345 e. The van der Waals surface area contributed by atoms with Crippen LogP contribution in [-0.2, 0) is 4.74 Å². The SMILES string of the molecule is C[C@@H](COC(F)F)Nc1ncc2c(C3=CCSCC3)cn(C3CCCCC3)c2n1. The van der Waals surface area contributed by atoms with E-state index in [9.17, 15) is 8.78 Å². The molecule has 29 heavy (non-hydrogen) atoms. The lowest BCUT2D eigenvalue weighted by atomic mass is 9.95. The monoisotopic (exact) mass is 422 g/mol. The molecule has 4 rings (SSSR count). The van der Waals surface area contributed by atoms with Crippen molar-refractivity contribution in [3.05, 3.63) is 24.0 Å². The van der Waals surface area contributed by atoms with E-state index in [0.717, 1.165) is 29.0 Å². The number of fused-ring (bicyclic) bond motifs is 1. The summed E-state index contributed by atoms with van der Waals surface area (Å²) in [5.41, 5.74) is 3.56. The van der Waals surface area contributed by atoms with Crippen LogP contribution in [0.3, 0.4) is 0 Å². The Morgan fingerprint density at radius 2 is 2.14 bits per heavy atom. The highest BCUT2D eigenvalue weighted by Gasteiger charge is 2.22. The highest BCUT2D eigenvalue weighted by molar-refractivity contribution is 7.99. The molecule has 0 saturated heterocycles. The molecule has 0 amide bonds. The summed E-state index contributed by atoms with van der Waals surface area (Å²) in [7, 11) is 0. The minimum absolute atomic E-state index is 0.0987. The fourth-order valence-electron chi connectivity index (χ4n) is 4.24. The topological polar surface area (TPSA) is 52.0 Å². The molecule has 1 aliphatic heterocycles. The first kappa shape index (κ1) is 20.6. The third kappa shape index (κ3) is 4.91. The number of allylic oxidation sites excluding steroid dienone is 1. The standard InChI is InChI=1S/C21H28F2N4OS/c1-14(13-28-20(22)23)25-21-24-11-17-18(15-7-9-29-10-8-15)12-27(19(17)26-21)16-5-3-2-4-6-16/h7,11-12,14,16,20H,2-6,8-10,13H2,1H3,(H,24,25,26)/t14-/m0/s1. The molecule has 1 N–H and O–H groups in total. The van der Waals surface area contributed by atoms with Crippen molar-refractivity contribution in [2.45, 2.75) is 64.1 Å². The molecule has 8 heteroatoms. The summed E-state index contributed by atoms with van der Waals surface area (Å²) in [6.45, 7) is -1.08. The highest BCUT2D eigenvalue weighted by Crippen LogP contribution is 2.37. The first-order valence-corrected chi connectivity index (χ1v) is 11.6. The summed E-state index contributed by atoms with van der Waals surface area (Å²) in [5, 5.41) is 4.18. The van der Waals surface area contributed by atoms with Crippen LogP contribution in [0, 0.1) is 0 Å². The zero-order chi connectivity index (χ0) is 20.2. The van der Waals surface area contributed by atoms with Crippen molar-refractivity contribution in [1.82, 2.24) is 14.5 Å². The number of hydrogen-bond donors (Lipinski definition) is 1. The van der Waals surface area contributed by atoms with E-state index in [2.05, 4.69) is 31.9 Å². The van der Waals surface area contributed by atoms with Crippen molar-refractivity contribution >= 4 is 34.3 Å². The summed E-state index contributed by atoms with van der Waals surface area (Å²) >= 11 is 1.96. The van der Waals surface area contributed by atoms with Gasteiger partial charge in [0.25, 0.3) is 0 Å². The summed E-state index contributed by atoms with van der Waals surface area (Å²) in [6.07, 6.45) is 13.7. The van der Waals surface area contributed by atoms with Gasteiger partial charge in [0, 0.05) is 41.2 Å². The molecule has 0 aromatic carbocycles. The van der Waals surface area contributed by atoms with Gasteiger partial charge in [0.2, 0.25) is 5.95 Å². The Kier molecular flexibility index (Phi) is 6.70. The minimum atomic E-state index is -2.77. The van der Waals surface area contributed by atoms with E-state index in [1.807, 2.05) is 18.0 Å². The third-order valence-electron chi connectivity index (χ3n) is 5.70. The molecule has 2 aromatic heterocycles. The van der Waals surface area contributed by atoms with Crippen LogP contribution in [0.5, 0.6) is 0 Å². The van der Waals surface area contributed by atoms with Gasteiger partial charge in [-0.05, 0) is 37.5 Å². The molecule has 0 radical (unpaired) electrons. The van der Waals surface area contributed by atoms with E-state index in [0.29, 0.717) is 12.0 Å². The predicted octanol–water partition coefficient (Wildman–Crippen LogP) is 5.50. The number of anilines is 1. The molecular formula is C21H28F2N4OS. The fourth-order valence-corrected chi connectivity index (χ4v) is 5.09. The van der Waals surface area contributed by atoms with Crippen molar-refractivity contribution in [3.63, 3.8) is 0 Å². The number of hydrogen-bond acceptors (Lipinski definition) is 5. The van der Waals surface area contributed by atoms with Gasteiger partial charge in [-0.1, -0.05) is 25.3 Å². The number of rotatable bonds is 7. The Balaban J connectivity index is 1.66. The summed E-state index contributed by atoms with van der Waals surface area (Å²) in [4.78, 5) is 9.28. The minimum Gasteiger partial charge on any atom is -0.349 e. The molecular weight excluding hydrogens is 394 g/mol. The van der Waals surface area contributed by atoms with Crippen LogP contribution in [0.15, 0.2) is 18.5 Å². The van der Waals surface area contributed by atoms with Crippen molar-refractivity contribution in [1.29, 1.82) is 0 Å². The maximum atomic E-state index is 12.3. The van der Waals surface area contributed by atoms with Crippen molar-refractivity contribution < 1.29 is 13.5 Å². The molecule has 0 bridgehead atoms. The van der Waals surface area contributed by atoms with Crippen LogP contribution in [0.2, 0.25) is 0 Å². The Morgan fingerprint density at radius 3 is 2.86 bits per heavy atom. The van der Waals surface area contributed by atoms with Gasteiger partial charge in [-0.3, -0.25) is 0 Å². The van der Waals surface area contributed by atoms with E-state index in [1.165, 1.54) is 43.2 Å². The summed E-state index contributed by atoms with van der Waals surface area (Å²) in [6, 6.07) is 0.151. The Hall–Kier alpha value is -1.67. The van der Waals surface area contributed by atoms with Crippen molar-refractivity contribution in [3.8, 4) is 0 Å². The lowest BCUT2D eigenvalue weighted by Gasteiger charge is -2.24. The van der Waals surface area contributed by atoms with Gasteiger partial charge in [-0.2, -0.15) is 25.5 Å². The second kappa shape index (κ2) is 9.43. The van der Waals surface area contributed by atoms with Gasteiger partial charge in [0.05, 0.1) is 6.61 Å². The fraction of sp³-hybridized carbons (Fsp3) is 0.619. The summed E-state index contributed by atoms with van der Waals surface area (Å²) < 4.78 is 31.3. The summed E-state index contributed by atoms with van der Waals surface area (Å²) in [5.74, 6) is 2.65. The molecule has 5 nitrogen and oxygen atoms in total. The number of ether oxygens (including phenoxy) is 1. The zero-order valence-corrected chi connectivity index (χ0v) is 17.6. The first-order chi connectivity index (χ1) is 14.1. The maximum Gasteiger partial charge on any atom is 0.345 e. The quantitative estimate of drug-likeness (QED) is 0.639. The molecule has 0 spiro atoms. The number of nitrogens with zero attached hydrogens (tertiary/aromatic N) is 3. The normalized spacial score (nSPS) is 19.5. The van der Waals surface area contributed by atoms with Crippen LogP contribution < -0.4 is 5.32 Å². The van der Waals surface area contributed by atoms with E-state index in [-0.39, 0.29) is 12.6 Å². The maximum absolute atomic E-state index is 12.3. The van der Waals surface area contributed by atoms with Crippen LogP contribution in [0.25, 0.3) is 16.6 Å². The Labute approximate surface area is 174 Å². The second-order valence-electron chi connectivity index (χ2n) is 7.87. The lowest BCUT2D eigenvalue weighted by molar-refractivity contribution is -0.130. The van der Waals surface area contributed by atoms with E-state index in [4.69, 9.17) is 4.98 Å². The van der Waals surface area contributed by atoms with Crippen LogP contribution in [-0.4, -0.2) is 45.3 Å². The Bertz CT molecular complexity index is 864. The van der Waals surface area contributed by atoms with Crippen LogP contribution >= 0.6 is 11.8 Å². The van der Waals surface area contributed by atoms with Gasteiger partial charge < -0.3 is 14.6 Å². The first-order valence-electron chi connectivity index (χ1n) is 10.4. The largest absolute Gasteiger partial charge is 0.349 e. The average Bonchev–Trinajstić information content (AvgIpc) is 3.12. The van der Waals surface area contributed by atoms with E-state index >= 15 is 0 Å². The van der Waals surface area contributed by atoms with Gasteiger partial charge in [-0.15, -0.1) is 0 Å². The molecule has 1 saturated carbocycles. The molecule has 1 atom stereocenters. The van der Waals surface area contributed by atoms with Crippen molar-refractivity contribution in [2.24, 2.45) is 0 Å². The van der Waals surface area contributed by atoms with E-state index in [1.54, 1.807) is 6.92 Å². The van der Waals surface area contributed by atoms with Gasteiger partial charge in [0.15, 0.2) is 0 Å². The molecule has 2 aromatic rings. The molecule has 1 aliphatic carbocycles. The average molecular weight is 423 g/mol. The Morgan fingerprint density at radius 1 is 1.31 bits per heavy atom. The number of alkyl halides is 2. The number of nitrogens with one attached hydrogen (secondary N) is 1. The number of thioether (sulfide) groups is 1. The zero-order valence-electron chi connectivity index (χ0n) is 16.7. The molecule has 3 heterocycles.